The van der Waals surface area contributed by atoms with E-state index >= 15 is 0 Å². The molecule has 0 N–H and O–H groups in total. The third kappa shape index (κ3) is 3.92. The Morgan fingerprint density at radius 3 is 2.31 bits per heavy atom. The second kappa shape index (κ2) is 8.76. The van der Waals surface area contributed by atoms with E-state index < -0.39 is 7.92 Å². The number of hydrogen-bond acceptors (Lipinski definition) is 2. The molecule has 4 heteroatoms. The van der Waals surface area contributed by atoms with E-state index in [4.69, 9.17) is 4.98 Å². The number of nitrogens with zero attached hydrogens (tertiary/aromatic N) is 3. The molecule has 3 aromatic heterocycles. The Balaban J connectivity index is 1.50. The monoisotopic (exact) mass is 471 g/mol. The summed E-state index contributed by atoms with van der Waals surface area (Å²) in [5, 5.41) is 3.81. The predicted octanol–water partition coefficient (Wildman–Crippen LogP) is 6.92. The van der Waals surface area contributed by atoms with Crippen molar-refractivity contribution in [2.24, 2.45) is 0 Å². The van der Waals surface area contributed by atoms with Crippen LogP contribution in [0.2, 0.25) is 0 Å². The fourth-order valence-electron chi connectivity index (χ4n) is 4.72. The van der Waals surface area contributed by atoms with Crippen molar-refractivity contribution in [2.75, 3.05) is 6.66 Å². The molecule has 3 nitrogen and oxygen atoms in total. The molecule has 0 spiro atoms. The third-order valence-corrected chi connectivity index (χ3v) is 8.59. The zero-order valence-corrected chi connectivity index (χ0v) is 21.0. The summed E-state index contributed by atoms with van der Waals surface area (Å²) in [5.41, 5.74) is 8.35. The Labute approximate surface area is 206 Å². The fraction of sp³-hybridized carbons (Fsp3) is 0.0968. The minimum Gasteiger partial charge on any atom is -0.294 e. The maximum atomic E-state index is 4.76. The van der Waals surface area contributed by atoms with Crippen molar-refractivity contribution in [1.29, 1.82) is 0 Å². The van der Waals surface area contributed by atoms with E-state index in [-0.39, 0.29) is 0 Å². The molecule has 6 aromatic rings. The van der Waals surface area contributed by atoms with Crippen LogP contribution in [0.5, 0.6) is 0 Å². The van der Waals surface area contributed by atoms with E-state index in [1.807, 2.05) is 12.4 Å². The Morgan fingerprint density at radius 2 is 1.49 bits per heavy atom. The summed E-state index contributed by atoms with van der Waals surface area (Å²) in [6.07, 6.45) is 3.85. The smallest absolute Gasteiger partial charge is 0.137 e. The summed E-state index contributed by atoms with van der Waals surface area (Å²) in [4.78, 5) is 9.41. The number of rotatable bonds is 4. The van der Waals surface area contributed by atoms with Crippen LogP contribution in [-0.4, -0.2) is 21.2 Å². The molecule has 3 aromatic carbocycles. The van der Waals surface area contributed by atoms with Crippen molar-refractivity contribution in [2.45, 2.75) is 13.8 Å². The Kier molecular flexibility index (Phi) is 5.43. The average molecular weight is 472 g/mol. The number of aryl methyl sites for hydroxylation is 2. The molecule has 0 amide bonds. The van der Waals surface area contributed by atoms with Crippen LogP contribution in [0.1, 0.15) is 11.1 Å². The Morgan fingerprint density at radius 1 is 0.657 bits per heavy atom. The molecule has 35 heavy (non-hydrogen) atoms. The zero-order chi connectivity index (χ0) is 23.9. The maximum Gasteiger partial charge on any atom is 0.137 e. The van der Waals surface area contributed by atoms with E-state index in [1.165, 1.54) is 43.8 Å². The number of hydrogen-bond donors (Lipinski definition) is 0. The van der Waals surface area contributed by atoms with Crippen molar-refractivity contribution < 1.29 is 0 Å². The van der Waals surface area contributed by atoms with Gasteiger partial charge in [-0.15, -0.1) is 0 Å². The van der Waals surface area contributed by atoms with Gasteiger partial charge in [-0.2, -0.15) is 0 Å². The third-order valence-electron chi connectivity index (χ3n) is 6.61. The first-order valence-corrected chi connectivity index (χ1v) is 13.6. The highest BCUT2D eigenvalue weighted by Crippen LogP contribution is 2.35. The first-order valence-electron chi connectivity index (χ1n) is 11.8. The molecule has 0 aliphatic rings. The lowest BCUT2D eigenvalue weighted by atomic mass is 10.0. The highest BCUT2D eigenvalue weighted by molar-refractivity contribution is 7.72. The van der Waals surface area contributed by atoms with E-state index in [0.29, 0.717) is 0 Å². The molecule has 170 valence electrons. The van der Waals surface area contributed by atoms with Crippen LogP contribution in [-0.2, 0) is 0 Å². The van der Waals surface area contributed by atoms with Gasteiger partial charge in [-0.25, -0.2) is 4.98 Å². The summed E-state index contributed by atoms with van der Waals surface area (Å²) in [6, 6.07) is 32.8. The van der Waals surface area contributed by atoms with Gasteiger partial charge in [0.1, 0.15) is 5.82 Å². The van der Waals surface area contributed by atoms with Crippen LogP contribution in [0.4, 0.5) is 0 Å². The number of aromatic nitrogens is 3. The van der Waals surface area contributed by atoms with Crippen LogP contribution in [0.15, 0.2) is 103 Å². The zero-order valence-electron chi connectivity index (χ0n) is 20.1. The van der Waals surface area contributed by atoms with Gasteiger partial charge in [0.05, 0.1) is 16.5 Å². The van der Waals surface area contributed by atoms with Crippen molar-refractivity contribution in [3.8, 4) is 16.9 Å². The fourth-order valence-corrected chi connectivity index (χ4v) is 6.26. The molecular formula is C31H26N3P. The normalized spacial score (nSPS) is 12.3. The first-order chi connectivity index (χ1) is 17.1. The van der Waals surface area contributed by atoms with Crippen molar-refractivity contribution >= 4 is 40.5 Å². The minimum absolute atomic E-state index is 0.516. The topological polar surface area (TPSA) is 30.7 Å². The predicted molar refractivity (Wildman–Crippen MR) is 150 cm³/mol. The number of fused-ring (bicyclic) bond motifs is 3. The van der Waals surface area contributed by atoms with Gasteiger partial charge in [0, 0.05) is 23.2 Å². The summed E-state index contributed by atoms with van der Waals surface area (Å²) in [7, 11) is -0.516. The molecule has 0 aliphatic carbocycles. The van der Waals surface area contributed by atoms with Crippen LogP contribution >= 0.6 is 7.92 Å². The molecule has 0 radical (unpaired) electrons. The van der Waals surface area contributed by atoms with Crippen LogP contribution < -0.4 is 10.7 Å². The van der Waals surface area contributed by atoms with Gasteiger partial charge >= 0.3 is 0 Å². The molecule has 0 saturated carbocycles. The largest absolute Gasteiger partial charge is 0.294 e. The van der Waals surface area contributed by atoms with Crippen LogP contribution in [0, 0.1) is 13.8 Å². The van der Waals surface area contributed by atoms with Crippen molar-refractivity contribution in [3.05, 3.63) is 115 Å². The van der Waals surface area contributed by atoms with Gasteiger partial charge in [-0.3, -0.25) is 9.55 Å². The van der Waals surface area contributed by atoms with E-state index in [0.717, 1.165) is 16.8 Å². The number of para-hydroxylation sites is 1. The SMILES string of the molecule is Cc1ccc(-n2c3ccccc3c3ccc(-c4cccc(P(C)c5cc(C)ccn5)c4)cc32)nc1. The van der Waals surface area contributed by atoms with Gasteiger partial charge in [0.15, 0.2) is 0 Å². The first kappa shape index (κ1) is 21.7. The van der Waals surface area contributed by atoms with Gasteiger partial charge in [0.2, 0.25) is 0 Å². The molecule has 6 rings (SSSR count). The lowest BCUT2D eigenvalue weighted by molar-refractivity contribution is 1.07. The van der Waals surface area contributed by atoms with Gasteiger partial charge in [-0.1, -0.05) is 54.6 Å². The molecule has 0 bridgehead atoms. The van der Waals surface area contributed by atoms with Crippen molar-refractivity contribution in [3.63, 3.8) is 0 Å². The summed E-state index contributed by atoms with van der Waals surface area (Å²) in [6.45, 7) is 6.49. The molecule has 0 fully saturated rings. The summed E-state index contributed by atoms with van der Waals surface area (Å²) in [5.74, 6) is 0.940. The van der Waals surface area contributed by atoms with E-state index in [9.17, 15) is 0 Å². The Bertz CT molecular complexity index is 1680. The maximum absolute atomic E-state index is 4.76. The highest BCUT2D eigenvalue weighted by Gasteiger charge is 2.15. The summed E-state index contributed by atoms with van der Waals surface area (Å²) >= 11 is 0. The van der Waals surface area contributed by atoms with Gasteiger partial charge in [-0.05, 0) is 92.4 Å². The summed E-state index contributed by atoms with van der Waals surface area (Å²) < 4.78 is 2.28. The average Bonchev–Trinajstić information content (AvgIpc) is 3.22. The van der Waals surface area contributed by atoms with Crippen LogP contribution in [0.3, 0.4) is 0 Å². The lowest BCUT2D eigenvalue weighted by Gasteiger charge is -2.14. The molecule has 0 saturated heterocycles. The Hall–Kier alpha value is -3.81. The second-order valence-electron chi connectivity index (χ2n) is 9.08. The molecule has 1 unspecified atom stereocenters. The molecule has 3 heterocycles. The minimum atomic E-state index is -0.516. The van der Waals surface area contributed by atoms with E-state index in [1.54, 1.807) is 0 Å². The quantitative estimate of drug-likeness (QED) is 0.261. The van der Waals surface area contributed by atoms with Crippen LogP contribution in [0.25, 0.3) is 38.8 Å². The van der Waals surface area contributed by atoms with Crippen molar-refractivity contribution in [1.82, 2.24) is 14.5 Å². The standard InChI is InChI=1S/C31H26N3P/c1-21-15-16-32-31(17-21)35(3)25-8-6-7-23(18-25)24-12-13-27-26-9-4-5-10-28(26)34(29(27)19-24)30-14-11-22(2)20-33-30/h4-20H,1-3H3. The van der Waals surface area contributed by atoms with Gasteiger partial charge < -0.3 is 0 Å². The highest BCUT2D eigenvalue weighted by atomic mass is 31.1. The van der Waals surface area contributed by atoms with E-state index in [2.05, 4.69) is 121 Å². The second-order valence-corrected chi connectivity index (χ2v) is 11.2. The number of pyridine rings is 2. The molecular weight excluding hydrogens is 445 g/mol. The molecule has 1 atom stereocenters. The van der Waals surface area contributed by atoms with Gasteiger partial charge in [0.25, 0.3) is 0 Å². The number of benzene rings is 3. The molecule has 0 aliphatic heterocycles. The lowest BCUT2D eigenvalue weighted by Crippen LogP contribution is -2.14.